The van der Waals surface area contributed by atoms with Crippen LogP contribution in [0.3, 0.4) is 0 Å². The Morgan fingerprint density at radius 3 is 2.12 bits per heavy atom. The molecule has 82 heavy (non-hydrogen) atoms. The normalized spacial score (nSPS) is 15.2. The van der Waals surface area contributed by atoms with Crippen molar-refractivity contribution in [2.45, 2.75) is 62.8 Å². The minimum Gasteiger partial charge on any atom is -0.456 e. The van der Waals surface area contributed by atoms with Crippen LogP contribution in [0.5, 0.6) is 0 Å². The zero-order valence-electron chi connectivity index (χ0n) is 46.5. The zero-order chi connectivity index (χ0) is 57.7. The van der Waals surface area contributed by atoms with Gasteiger partial charge in [0.05, 0.1) is 17.0 Å². The molecule has 3 amide bonds. The number of fused-ring (bicyclic) bond motifs is 3. The van der Waals surface area contributed by atoms with Crippen LogP contribution in [0.2, 0.25) is 0 Å². The van der Waals surface area contributed by atoms with E-state index in [1.807, 2.05) is 114 Å². The third-order valence-electron chi connectivity index (χ3n) is 15.8. The van der Waals surface area contributed by atoms with E-state index >= 15 is 0 Å². The summed E-state index contributed by atoms with van der Waals surface area (Å²) < 4.78 is 76.5. The van der Waals surface area contributed by atoms with Crippen molar-refractivity contribution in [1.29, 1.82) is 0 Å². The van der Waals surface area contributed by atoms with Crippen molar-refractivity contribution in [2.75, 3.05) is 80.6 Å². The summed E-state index contributed by atoms with van der Waals surface area (Å²) in [5.74, 6) is -0.152. The van der Waals surface area contributed by atoms with Gasteiger partial charge in [0.25, 0.3) is 21.9 Å². The molecule has 3 heterocycles. The predicted molar refractivity (Wildman–Crippen MR) is 322 cm³/mol. The van der Waals surface area contributed by atoms with Crippen LogP contribution >= 0.6 is 0 Å². The van der Waals surface area contributed by atoms with E-state index < -0.39 is 25.0 Å². The molecule has 6 aromatic rings. The lowest BCUT2D eigenvalue weighted by Gasteiger charge is -2.34. The second-order valence-electron chi connectivity index (χ2n) is 20.5. The first kappa shape index (κ1) is 57.2. The van der Waals surface area contributed by atoms with E-state index in [1.54, 1.807) is 35.2 Å². The zero-order valence-corrected chi connectivity index (χ0v) is 48.2. The van der Waals surface area contributed by atoms with Gasteiger partial charge in [-0.1, -0.05) is 72.8 Å². The molecule has 0 bridgehead atoms. The Morgan fingerprint density at radius 1 is 0.707 bits per heavy atom. The lowest BCUT2D eigenvalue weighted by molar-refractivity contribution is -0.122. The minimum absolute atomic E-state index is 0.0899. The van der Waals surface area contributed by atoms with E-state index in [0.717, 1.165) is 60.0 Å². The first-order valence-corrected chi connectivity index (χ1v) is 30.9. The van der Waals surface area contributed by atoms with Crippen LogP contribution in [0.4, 0.5) is 17.1 Å². The summed E-state index contributed by atoms with van der Waals surface area (Å²) in [5.41, 5.74) is 7.42. The fourth-order valence-electron chi connectivity index (χ4n) is 11.4. The SMILES string of the molecule is CCN(CC)c1ccc2c(-c3ccc(S(=O)(=O)N4CCN(CCC(=O)NC5CCCN(C(=O)c6ccc(NC(=O)c7ccccc7-c7ccccc7)cc6)c6ccccc65)CC4)cc3S(=O)(=O)O)c3ccc(=[N+](CC)CC)cc-3oc2c1. The van der Waals surface area contributed by atoms with Crippen molar-refractivity contribution in [3.05, 3.63) is 180 Å². The summed E-state index contributed by atoms with van der Waals surface area (Å²) in [5, 5.41) is 7.70. The average molecular weight is 1140 g/mol. The number of nitrogens with zero attached hydrogens (tertiary/aromatic N) is 5. The van der Waals surface area contributed by atoms with E-state index in [2.05, 4.69) is 47.8 Å². The second kappa shape index (κ2) is 24.6. The Hall–Kier alpha value is -8.00. The van der Waals surface area contributed by atoms with Crippen LogP contribution in [0.25, 0.3) is 44.5 Å². The van der Waals surface area contributed by atoms with Crippen molar-refractivity contribution in [3.8, 4) is 33.6 Å². The monoisotopic (exact) mass is 1140 g/mol. The van der Waals surface area contributed by atoms with Crippen LogP contribution < -0.4 is 30.4 Å². The van der Waals surface area contributed by atoms with Gasteiger partial charge in [-0.15, -0.1) is 0 Å². The summed E-state index contributed by atoms with van der Waals surface area (Å²) in [4.78, 5) is 46.5. The maximum atomic E-state index is 14.4. The Kier molecular flexibility index (Phi) is 17.2. The van der Waals surface area contributed by atoms with E-state index in [4.69, 9.17) is 4.42 Å². The number of carbonyl (C=O) groups is 3. The van der Waals surface area contributed by atoms with Gasteiger partial charge in [-0.3, -0.25) is 18.9 Å². The Labute approximate surface area is 479 Å². The third-order valence-corrected chi connectivity index (χ3v) is 18.6. The number of para-hydroxylation sites is 1. The summed E-state index contributed by atoms with van der Waals surface area (Å²) in [7, 11) is -9.24. The van der Waals surface area contributed by atoms with Crippen molar-refractivity contribution >= 4 is 65.9 Å². The molecule has 3 aliphatic heterocycles. The Bertz CT molecular complexity index is 3950. The highest BCUT2D eigenvalue weighted by molar-refractivity contribution is 7.89. The molecule has 1 unspecified atom stereocenters. The largest absolute Gasteiger partial charge is 0.456 e. The number of piperazine rings is 1. The Balaban J connectivity index is 0.792. The van der Waals surface area contributed by atoms with Crippen LogP contribution in [-0.2, 0) is 24.9 Å². The number of benzene rings is 7. The van der Waals surface area contributed by atoms with E-state index in [0.29, 0.717) is 89.4 Å². The van der Waals surface area contributed by atoms with Crippen molar-refractivity contribution in [2.24, 2.45) is 0 Å². The fourth-order valence-corrected chi connectivity index (χ4v) is 13.6. The van der Waals surface area contributed by atoms with Gasteiger partial charge in [0.15, 0.2) is 0 Å². The van der Waals surface area contributed by atoms with Crippen molar-refractivity contribution in [3.63, 3.8) is 0 Å². The number of carbonyl (C=O) groups excluding carboxylic acids is 3. The minimum atomic E-state index is -4.99. The number of nitrogens with one attached hydrogen (secondary N) is 2. The van der Waals surface area contributed by atoms with E-state index in [-0.39, 0.29) is 53.7 Å². The highest BCUT2D eigenvalue weighted by Gasteiger charge is 2.33. The molecule has 1 atom stereocenters. The highest BCUT2D eigenvalue weighted by atomic mass is 32.2. The maximum Gasteiger partial charge on any atom is 0.295 e. The van der Waals surface area contributed by atoms with Crippen molar-refractivity contribution < 1.29 is 40.2 Å². The molecule has 424 valence electrons. The molecule has 1 saturated heterocycles. The molecule has 0 radical (unpaired) electrons. The second-order valence-corrected chi connectivity index (χ2v) is 23.9. The van der Waals surface area contributed by atoms with E-state index in [9.17, 15) is 35.8 Å². The standard InChI is InChI=1S/C64H67N7O9S2/c1-5-68(6-2)47-28-31-53-58(41-47)80-59-42-48(69(7-3)8-4)29-32-54(59)62(53)55-33-30-49(43-60(55)82(77,78)79)81(75,76)70-39-37-67(38-40-70)36-34-61(72)66-56-22-16-35-71(57-23-15-14-21-52(56)57)64(74)45-24-26-46(27-25-45)65-63(73)51-20-13-12-19-50(51)44-17-10-9-11-18-44/h9-15,17-21,23-33,41-43,56H,5-8,16,22,34-40H2,1-4H3,(H2-,65,66,72,73,74,77,78,79)/p+1. The van der Waals surface area contributed by atoms with Crippen molar-refractivity contribution in [1.82, 2.24) is 19.1 Å². The smallest absolute Gasteiger partial charge is 0.295 e. The molecule has 4 aliphatic rings. The van der Waals surface area contributed by atoms with Gasteiger partial charge in [0.1, 0.15) is 29.3 Å². The van der Waals surface area contributed by atoms with Crippen LogP contribution in [0.15, 0.2) is 172 Å². The molecule has 1 fully saturated rings. The number of sulfonamides is 1. The summed E-state index contributed by atoms with van der Waals surface area (Å²) in [6, 6.07) is 46.6. The fraction of sp³-hybridized carbons (Fsp3) is 0.281. The van der Waals surface area contributed by atoms with Crippen LogP contribution in [-0.4, -0.2) is 114 Å². The van der Waals surface area contributed by atoms with E-state index in [1.165, 1.54) is 16.4 Å². The predicted octanol–water partition coefficient (Wildman–Crippen LogP) is 10.0. The molecular weight excluding hydrogens is 1070 g/mol. The topological polar surface area (TPSA) is 193 Å². The maximum absolute atomic E-state index is 14.4. The summed E-state index contributed by atoms with van der Waals surface area (Å²) in [6.45, 7) is 12.9. The lowest BCUT2D eigenvalue weighted by atomic mass is 9.93. The van der Waals surface area contributed by atoms with Gasteiger partial charge in [0.2, 0.25) is 21.3 Å². The van der Waals surface area contributed by atoms with Gasteiger partial charge in [-0.05, 0) is 124 Å². The van der Waals surface area contributed by atoms with Gasteiger partial charge in [-0.2, -0.15) is 12.7 Å². The third kappa shape index (κ3) is 12.0. The van der Waals surface area contributed by atoms with Crippen LogP contribution in [0, 0.1) is 0 Å². The average Bonchev–Trinajstić information content (AvgIpc) is 3.82. The molecule has 0 saturated carbocycles. The molecule has 16 nitrogen and oxygen atoms in total. The summed E-state index contributed by atoms with van der Waals surface area (Å²) >= 11 is 0. The number of hydrogen-bond donors (Lipinski definition) is 3. The molecule has 3 N–H and O–H groups in total. The van der Waals surface area contributed by atoms with Gasteiger partial charge < -0.3 is 29.8 Å². The number of rotatable bonds is 17. The lowest BCUT2D eigenvalue weighted by Crippen LogP contribution is -2.49. The number of amides is 3. The molecular formula is C64H68N7O9S2+. The molecule has 10 rings (SSSR count). The van der Waals surface area contributed by atoms with Crippen LogP contribution in [0.1, 0.15) is 79.3 Å². The molecule has 1 aliphatic carbocycles. The summed E-state index contributed by atoms with van der Waals surface area (Å²) in [6.07, 6.45) is 1.37. The number of hydrogen-bond acceptors (Lipinski definition) is 10. The first-order valence-electron chi connectivity index (χ1n) is 28.0. The van der Waals surface area contributed by atoms with Gasteiger partial charge in [0, 0.05) is 121 Å². The first-order chi connectivity index (χ1) is 39.6. The van der Waals surface area contributed by atoms with Gasteiger partial charge in [-0.25, -0.2) is 13.0 Å². The quantitative estimate of drug-likeness (QED) is 0.0447. The molecule has 6 aromatic carbocycles. The number of anilines is 3. The highest BCUT2D eigenvalue weighted by Crippen LogP contribution is 2.44. The molecule has 18 heteroatoms. The molecule has 0 aromatic heterocycles. The van der Waals surface area contributed by atoms with Gasteiger partial charge >= 0.3 is 0 Å². The molecule has 0 spiro atoms. The Morgan fingerprint density at radius 2 is 1.40 bits per heavy atom.